The fraction of sp³-hybridized carbons (Fsp3) is 0.812. The van der Waals surface area contributed by atoms with Crippen LogP contribution in [0.25, 0.3) is 0 Å². The van der Waals surface area contributed by atoms with Crippen LogP contribution in [0.5, 0.6) is 0 Å². The molecule has 0 N–H and O–H groups in total. The molecule has 3 nitrogen and oxygen atoms in total. The molecule has 1 fully saturated rings. The molecule has 3 heteroatoms. The van der Waals surface area contributed by atoms with Gasteiger partial charge in [0, 0.05) is 19.1 Å². The second kappa shape index (κ2) is 7.09. The number of amidine groups is 1. The van der Waals surface area contributed by atoms with Crippen molar-refractivity contribution in [1.82, 2.24) is 4.90 Å². The summed E-state index contributed by atoms with van der Waals surface area (Å²) in [6.45, 7) is 14.7. The highest BCUT2D eigenvalue weighted by atomic mass is 16.5. The molecule has 0 aromatic heterocycles. The molecular formula is C16H30N2O. The topological polar surface area (TPSA) is 24.8 Å². The summed E-state index contributed by atoms with van der Waals surface area (Å²) in [6.07, 6.45) is 5.39. The van der Waals surface area contributed by atoms with E-state index in [1.54, 1.807) is 7.11 Å². The first-order chi connectivity index (χ1) is 8.93. The zero-order valence-electron chi connectivity index (χ0n) is 13.3. The number of aliphatic imine (C=N–C) groups is 1. The first-order valence-corrected chi connectivity index (χ1v) is 7.40. The van der Waals surface area contributed by atoms with Gasteiger partial charge in [0.15, 0.2) is 0 Å². The Labute approximate surface area is 118 Å². The smallest absolute Gasteiger partial charge is 0.105 e. The summed E-state index contributed by atoms with van der Waals surface area (Å²) in [7, 11) is 1.78. The van der Waals surface area contributed by atoms with Crippen molar-refractivity contribution in [2.24, 2.45) is 10.4 Å². The summed E-state index contributed by atoms with van der Waals surface area (Å²) in [5, 5.41) is 0. The minimum Gasteiger partial charge on any atom is -0.383 e. The quantitative estimate of drug-likeness (QED) is 0.432. The van der Waals surface area contributed by atoms with E-state index in [9.17, 15) is 0 Å². The lowest BCUT2D eigenvalue weighted by molar-refractivity contribution is 0.141. The van der Waals surface area contributed by atoms with E-state index in [0.717, 1.165) is 19.6 Å². The fourth-order valence-electron chi connectivity index (χ4n) is 2.65. The highest BCUT2D eigenvalue weighted by molar-refractivity contribution is 5.88. The van der Waals surface area contributed by atoms with E-state index in [1.165, 1.54) is 18.7 Å². The number of rotatable bonds is 5. The molecule has 1 heterocycles. The molecule has 0 unspecified atom stereocenters. The summed E-state index contributed by atoms with van der Waals surface area (Å²) in [6, 6.07) is 0.698. The van der Waals surface area contributed by atoms with Crippen molar-refractivity contribution in [2.75, 3.05) is 20.3 Å². The lowest BCUT2D eigenvalue weighted by Gasteiger charge is -2.35. The van der Waals surface area contributed by atoms with E-state index < -0.39 is 0 Å². The summed E-state index contributed by atoms with van der Waals surface area (Å²) in [5.74, 6) is 1.21. The molecule has 0 aromatic rings. The van der Waals surface area contributed by atoms with Gasteiger partial charge in [0.2, 0.25) is 0 Å². The molecule has 0 aliphatic carbocycles. The molecule has 0 aromatic carbocycles. The molecule has 110 valence electrons. The van der Waals surface area contributed by atoms with Crippen LogP contribution in [0.2, 0.25) is 0 Å². The Morgan fingerprint density at radius 1 is 1.53 bits per heavy atom. The Kier molecular flexibility index (Phi) is 6.05. The van der Waals surface area contributed by atoms with E-state index in [-0.39, 0.29) is 11.5 Å². The number of hydrogen-bond donors (Lipinski definition) is 0. The molecule has 0 saturated carbocycles. The van der Waals surface area contributed by atoms with Gasteiger partial charge in [-0.3, -0.25) is 4.99 Å². The molecule has 2 atom stereocenters. The van der Waals surface area contributed by atoms with Gasteiger partial charge in [-0.2, -0.15) is 0 Å². The minimum atomic E-state index is 0.0623. The number of ether oxygens (including phenoxy) is 1. The van der Waals surface area contributed by atoms with Crippen LogP contribution in [0.1, 0.15) is 47.0 Å². The molecular weight excluding hydrogens is 236 g/mol. The molecule has 1 saturated heterocycles. The maximum Gasteiger partial charge on any atom is 0.105 e. The Morgan fingerprint density at radius 2 is 2.21 bits per heavy atom. The van der Waals surface area contributed by atoms with Crippen LogP contribution < -0.4 is 0 Å². The van der Waals surface area contributed by atoms with Gasteiger partial charge in [-0.25, -0.2) is 0 Å². The van der Waals surface area contributed by atoms with Gasteiger partial charge < -0.3 is 9.64 Å². The monoisotopic (exact) mass is 266 g/mol. The zero-order valence-corrected chi connectivity index (χ0v) is 13.3. The molecule has 0 amide bonds. The van der Waals surface area contributed by atoms with E-state index in [4.69, 9.17) is 9.73 Å². The predicted octanol–water partition coefficient (Wildman–Crippen LogP) is 3.51. The Balaban J connectivity index is 3.00. The molecule has 0 bridgehead atoms. The highest BCUT2D eigenvalue weighted by Crippen LogP contribution is 2.27. The number of hydrogen-bond acceptors (Lipinski definition) is 2. The van der Waals surface area contributed by atoms with Crippen LogP contribution in [0.15, 0.2) is 17.6 Å². The second-order valence-corrected chi connectivity index (χ2v) is 6.36. The van der Waals surface area contributed by atoms with Crippen LogP contribution in [-0.2, 0) is 4.74 Å². The number of methoxy groups -OCH3 is 1. The van der Waals surface area contributed by atoms with Crippen LogP contribution >= 0.6 is 0 Å². The van der Waals surface area contributed by atoms with Gasteiger partial charge in [0.25, 0.3) is 0 Å². The number of nitrogens with zero attached hydrogens (tertiary/aromatic N) is 2. The summed E-state index contributed by atoms with van der Waals surface area (Å²) in [4.78, 5) is 7.42. The Hall–Kier alpha value is -0.830. The van der Waals surface area contributed by atoms with Crippen molar-refractivity contribution >= 4 is 5.84 Å². The minimum absolute atomic E-state index is 0.0623. The van der Waals surface area contributed by atoms with Crippen LogP contribution in [0.3, 0.4) is 0 Å². The van der Waals surface area contributed by atoms with Gasteiger partial charge in [-0.05, 0) is 19.3 Å². The first-order valence-electron chi connectivity index (χ1n) is 7.40. The van der Waals surface area contributed by atoms with Gasteiger partial charge in [-0.15, -0.1) is 6.58 Å². The van der Waals surface area contributed by atoms with E-state index in [1.807, 2.05) is 6.08 Å². The third-order valence-corrected chi connectivity index (χ3v) is 3.66. The van der Waals surface area contributed by atoms with Crippen molar-refractivity contribution in [3.05, 3.63) is 12.7 Å². The maximum atomic E-state index is 5.36. The van der Waals surface area contributed by atoms with Gasteiger partial charge in [0.05, 0.1) is 18.7 Å². The van der Waals surface area contributed by atoms with Gasteiger partial charge >= 0.3 is 0 Å². The second-order valence-electron chi connectivity index (χ2n) is 6.36. The van der Waals surface area contributed by atoms with Crippen LogP contribution in [0, 0.1) is 5.41 Å². The molecule has 1 aliphatic heterocycles. The molecule has 1 rings (SSSR count). The molecule has 0 radical (unpaired) electrons. The van der Waals surface area contributed by atoms with E-state index in [2.05, 4.69) is 39.2 Å². The third kappa shape index (κ3) is 4.34. The zero-order chi connectivity index (χ0) is 14.5. The third-order valence-electron chi connectivity index (χ3n) is 3.66. The normalized spacial score (nSPS) is 22.7. The van der Waals surface area contributed by atoms with Crippen molar-refractivity contribution in [2.45, 2.75) is 59.0 Å². The fourth-order valence-corrected chi connectivity index (χ4v) is 2.65. The molecule has 0 spiro atoms. The summed E-state index contributed by atoms with van der Waals surface area (Å²) >= 11 is 0. The lowest BCUT2D eigenvalue weighted by Crippen LogP contribution is -2.45. The average molecular weight is 266 g/mol. The largest absolute Gasteiger partial charge is 0.383 e. The van der Waals surface area contributed by atoms with Crippen LogP contribution in [-0.4, -0.2) is 43.1 Å². The maximum absolute atomic E-state index is 5.36. The average Bonchev–Trinajstić information content (AvgIpc) is 2.77. The van der Waals surface area contributed by atoms with Crippen LogP contribution in [0.4, 0.5) is 0 Å². The SMILES string of the molecule is C=C[C@@H](CC)N=C(N1CCC[C@H]1COC)C(C)(C)C. The van der Waals surface area contributed by atoms with Crippen molar-refractivity contribution in [3.63, 3.8) is 0 Å². The van der Waals surface area contributed by atoms with Gasteiger partial charge in [0.1, 0.15) is 5.84 Å². The summed E-state index contributed by atoms with van der Waals surface area (Å²) < 4.78 is 5.36. The highest BCUT2D eigenvalue weighted by Gasteiger charge is 2.33. The predicted molar refractivity (Wildman–Crippen MR) is 82.8 cm³/mol. The number of likely N-dealkylation sites (tertiary alicyclic amines) is 1. The first kappa shape index (κ1) is 16.2. The van der Waals surface area contributed by atoms with Gasteiger partial charge in [-0.1, -0.05) is 33.8 Å². The standard InChI is InChI=1S/C16H30N2O/c1-7-13(8-2)17-15(16(3,4)5)18-11-9-10-14(18)12-19-6/h7,13-14H,1,8-12H2,2-6H3/t13-,14-/m0/s1. The Morgan fingerprint density at radius 3 is 2.68 bits per heavy atom. The Bertz CT molecular complexity index is 317. The summed E-state index contributed by atoms with van der Waals surface area (Å²) in [5.41, 5.74) is 0.0623. The van der Waals surface area contributed by atoms with Crippen molar-refractivity contribution < 1.29 is 4.74 Å². The molecule has 1 aliphatic rings. The lowest BCUT2D eigenvalue weighted by atomic mass is 9.93. The van der Waals surface area contributed by atoms with E-state index in [0.29, 0.717) is 6.04 Å². The van der Waals surface area contributed by atoms with E-state index >= 15 is 0 Å². The molecule has 19 heavy (non-hydrogen) atoms. The van der Waals surface area contributed by atoms with Crippen molar-refractivity contribution in [1.29, 1.82) is 0 Å². The van der Waals surface area contributed by atoms with Crippen molar-refractivity contribution in [3.8, 4) is 0 Å².